The van der Waals surface area contributed by atoms with Crippen molar-refractivity contribution in [3.63, 3.8) is 0 Å². The van der Waals surface area contributed by atoms with Crippen LogP contribution in [-0.4, -0.2) is 37.5 Å². The number of hydrogen-bond donors (Lipinski definition) is 1. The molecule has 0 unspecified atom stereocenters. The van der Waals surface area contributed by atoms with Gasteiger partial charge in [-0.05, 0) is 61.7 Å². The number of carbonyl (C=O) groups is 1. The molecule has 0 aliphatic heterocycles. The van der Waals surface area contributed by atoms with Gasteiger partial charge >= 0.3 is 5.97 Å². The van der Waals surface area contributed by atoms with Gasteiger partial charge in [0.25, 0.3) is 0 Å². The van der Waals surface area contributed by atoms with E-state index in [2.05, 4.69) is 6.92 Å². The average Bonchev–Trinajstić information content (AvgIpc) is 2.77. The largest absolute Gasteiger partial charge is 0.492 e. The van der Waals surface area contributed by atoms with E-state index < -0.39 is 5.97 Å². The summed E-state index contributed by atoms with van der Waals surface area (Å²) in [5.74, 6) is 0.603. The topological polar surface area (TPSA) is 74.2 Å². The molecule has 2 aromatic rings. The van der Waals surface area contributed by atoms with Gasteiger partial charge in [-0.2, -0.15) is 0 Å². The van der Waals surface area contributed by atoms with Gasteiger partial charge in [-0.15, -0.1) is 0 Å². The third kappa shape index (κ3) is 8.00. The van der Waals surface area contributed by atoms with Gasteiger partial charge in [0.1, 0.15) is 5.75 Å². The summed E-state index contributed by atoms with van der Waals surface area (Å²) in [5, 5.41) is 9.86. The minimum atomic E-state index is -1.12. The summed E-state index contributed by atoms with van der Waals surface area (Å²) >= 11 is 6.26. The van der Waals surface area contributed by atoms with Crippen molar-refractivity contribution in [2.75, 3.05) is 26.4 Å². The molecule has 0 aliphatic carbocycles. The highest BCUT2D eigenvalue weighted by Gasteiger charge is 2.11. The minimum absolute atomic E-state index is 0.118. The predicted octanol–water partition coefficient (Wildman–Crippen LogP) is 6.00. The first kappa shape index (κ1) is 25.4. The number of aliphatic carboxylic acids is 1. The van der Waals surface area contributed by atoms with Crippen LogP contribution in [0.2, 0.25) is 5.02 Å². The number of hydrogen-bond acceptors (Lipinski definition) is 5. The van der Waals surface area contributed by atoms with Crippen molar-refractivity contribution in [2.24, 2.45) is 0 Å². The van der Waals surface area contributed by atoms with Gasteiger partial charge in [0.15, 0.2) is 11.5 Å². The molecule has 2 aromatic carbocycles. The molecule has 1 N–H and O–H groups in total. The maximum atomic E-state index is 11.3. The van der Waals surface area contributed by atoms with Gasteiger partial charge in [0.2, 0.25) is 5.76 Å². The highest BCUT2D eigenvalue weighted by molar-refractivity contribution is 6.32. The molecule has 0 aromatic heterocycles. The van der Waals surface area contributed by atoms with Crippen LogP contribution in [0.5, 0.6) is 17.2 Å². The van der Waals surface area contributed by atoms with Gasteiger partial charge in [-0.1, -0.05) is 37.1 Å². The lowest BCUT2D eigenvalue weighted by molar-refractivity contribution is -0.136. The van der Waals surface area contributed by atoms with Gasteiger partial charge < -0.3 is 24.1 Å². The second-order valence-electron chi connectivity index (χ2n) is 6.95. The zero-order valence-corrected chi connectivity index (χ0v) is 19.6. The summed E-state index contributed by atoms with van der Waals surface area (Å²) in [4.78, 5) is 11.3. The molecule has 0 atom stereocenters. The predicted molar refractivity (Wildman–Crippen MR) is 126 cm³/mol. The minimum Gasteiger partial charge on any atom is -0.492 e. The van der Waals surface area contributed by atoms with Gasteiger partial charge in [0, 0.05) is 6.42 Å². The van der Waals surface area contributed by atoms with Crippen molar-refractivity contribution >= 4 is 23.6 Å². The van der Waals surface area contributed by atoms with Crippen molar-refractivity contribution in [2.45, 2.75) is 40.0 Å². The molecule has 0 bridgehead atoms. The van der Waals surface area contributed by atoms with E-state index in [-0.39, 0.29) is 12.4 Å². The van der Waals surface area contributed by atoms with E-state index in [1.54, 1.807) is 25.1 Å². The molecular weight excluding hydrogens is 432 g/mol. The van der Waals surface area contributed by atoms with Crippen LogP contribution >= 0.6 is 11.6 Å². The second-order valence-corrected chi connectivity index (χ2v) is 7.36. The van der Waals surface area contributed by atoms with E-state index in [0.29, 0.717) is 54.1 Å². The summed E-state index contributed by atoms with van der Waals surface area (Å²) in [6.45, 7) is 7.56. The molecule has 0 spiro atoms. The molecule has 7 heteroatoms. The lowest BCUT2D eigenvalue weighted by atomic mass is 10.1. The summed E-state index contributed by atoms with van der Waals surface area (Å²) in [7, 11) is 0. The van der Waals surface area contributed by atoms with Crippen LogP contribution < -0.4 is 14.2 Å². The fraction of sp³-hybridized carbons (Fsp3) is 0.400. The molecule has 0 fully saturated rings. The lowest BCUT2D eigenvalue weighted by Crippen LogP contribution is -2.06. The summed E-state index contributed by atoms with van der Waals surface area (Å²) < 4.78 is 22.5. The fourth-order valence-corrected chi connectivity index (χ4v) is 3.15. The number of carboxylic acid groups (broad SMARTS) is 1. The number of halogens is 1. The maximum Gasteiger partial charge on any atom is 0.371 e. The Morgan fingerprint density at radius 2 is 1.69 bits per heavy atom. The van der Waals surface area contributed by atoms with Crippen LogP contribution in [0.25, 0.3) is 6.08 Å². The lowest BCUT2D eigenvalue weighted by Gasteiger charge is -2.14. The van der Waals surface area contributed by atoms with E-state index in [4.69, 9.17) is 30.5 Å². The molecule has 6 nitrogen and oxygen atoms in total. The number of ether oxygens (including phenoxy) is 4. The SMILES string of the molecule is CCCCOc1cc(/C=C(\OCC)C(=O)O)ccc1OCCc1ccc(OCC)c(Cl)c1. The molecule has 0 saturated carbocycles. The molecule has 0 heterocycles. The molecule has 174 valence electrons. The van der Waals surface area contributed by atoms with Crippen LogP contribution in [-0.2, 0) is 16.0 Å². The van der Waals surface area contributed by atoms with E-state index in [1.165, 1.54) is 6.08 Å². The van der Waals surface area contributed by atoms with Gasteiger partial charge in [0.05, 0.1) is 31.5 Å². The quantitative estimate of drug-likeness (QED) is 0.211. The number of carboxylic acids is 1. The van der Waals surface area contributed by atoms with Crippen molar-refractivity contribution in [1.82, 2.24) is 0 Å². The van der Waals surface area contributed by atoms with Crippen molar-refractivity contribution in [3.8, 4) is 17.2 Å². The van der Waals surface area contributed by atoms with E-state index >= 15 is 0 Å². The first-order chi connectivity index (χ1) is 15.5. The van der Waals surface area contributed by atoms with Crippen LogP contribution in [0.4, 0.5) is 0 Å². The Balaban J connectivity index is 2.12. The maximum absolute atomic E-state index is 11.3. The highest BCUT2D eigenvalue weighted by Crippen LogP contribution is 2.30. The molecule has 0 radical (unpaired) electrons. The van der Waals surface area contributed by atoms with Crippen LogP contribution in [0.3, 0.4) is 0 Å². The van der Waals surface area contributed by atoms with Crippen molar-refractivity contribution < 1.29 is 28.8 Å². The number of benzene rings is 2. The monoisotopic (exact) mass is 462 g/mol. The molecule has 32 heavy (non-hydrogen) atoms. The number of rotatable bonds is 14. The fourth-order valence-electron chi connectivity index (χ4n) is 2.90. The zero-order chi connectivity index (χ0) is 23.3. The van der Waals surface area contributed by atoms with Crippen LogP contribution in [0.1, 0.15) is 44.7 Å². The average molecular weight is 463 g/mol. The van der Waals surface area contributed by atoms with Gasteiger partial charge in [-0.25, -0.2) is 4.79 Å². The first-order valence-electron chi connectivity index (χ1n) is 10.9. The smallest absolute Gasteiger partial charge is 0.371 e. The standard InChI is InChI=1S/C25H31ClO6/c1-4-7-13-31-23-16-19(17-24(25(27)28)30-6-3)9-11-22(23)32-14-12-18-8-10-21(29-5-2)20(26)15-18/h8-11,15-17H,4-7,12-14H2,1-3H3,(H,27,28)/b24-17-. The molecule has 0 aliphatic rings. The second kappa shape index (κ2) is 13.5. The first-order valence-corrected chi connectivity index (χ1v) is 11.2. The van der Waals surface area contributed by atoms with E-state index in [0.717, 1.165) is 18.4 Å². The molecule has 2 rings (SSSR count). The van der Waals surface area contributed by atoms with Crippen LogP contribution in [0.15, 0.2) is 42.2 Å². The third-order valence-electron chi connectivity index (χ3n) is 4.48. The Morgan fingerprint density at radius 1 is 0.938 bits per heavy atom. The molecular formula is C25H31ClO6. The summed E-state index contributed by atoms with van der Waals surface area (Å²) in [6.07, 6.45) is 4.05. The Kier molecular flexibility index (Phi) is 10.7. The zero-order valence-electron chi connectivity index (χ0n) is 18.9. The Bertz CT molecular complexity index is 909. The van der Waals surface area contributed by atoms with E-state index in [9.17, 15) is 9.90 Å². The Labute approximate surface area is 194 Å². The van der Waals surface area contributed by atoms with Crippen molar-refractivity contribution in [3.05, 3.63) is 58.3 Å². The normalized spacial score (nSPS) is 11.2. The Hall–Kier alpha value is -2.86. The summed E-state index contributed by atoms with van der Waals surface area (Å²) in [6, 6.07) is 11.0. The Morgan fingerprint density at radius 3 is 2.34 bits per heavy atom. The molecule has 0 amide bonds. The summed E-state index contributed by atoms with van der Waals surface area (Å²) in [5.41, 5.74) is 1.70. The van der Waals surface area contributed by atoms with Crippen molar-refractivity contribution in [1.29, 1.82) is 0 Å². The van der Waals surface area contributed by atoms with E-state index in [1.807, 2.05) is 25.1 Å². The van der Waals surface area contributed by atoms with Crippen LogP contribution in [0, 0.1) is 0 Å². The highest BCUT2D eigenvalue weighted by atomic mass is 35.5. The molecule has 0 saturated heterocycles. The van der Waals surface area contributed by atoms with Gasteiger partial charge in [-0.3, -0.25) is 0 Å². The number of unbranched alkanes of at least 4 members (excludes halogenated alkanes) is 1. The third-order valence-corrected chi connectivity index (χ3v) is 4.77.